The van der Waals surface area contributed by atoms with Gasteiger partial charge in [-0.2, -0.15) is 28.1 Å². The molecule has 1 heterocycles. The van der Waals surface area contributed by atoms with Gasteiger partial charge in [0, 0.05) is 14.1 Å². The first-order valence-corrected chi connectivity index (χ1v) is 5.71. The van der Waals surface area contributed by atoms with Crippen molar-refractivity contribution in [3.8, 4) is 6.01 Å². The molecule has 0 aromatic carbocycles. The molecule has 1 rings (SSSR count). The van der Waals surface area contributed by atoms with E-state index in [2.05, 4.69) is 19.7 Å². The predicted molar refractivity (Wildman–Crippen MR) is 57.5 cm³/mol. The van der Waals surface area contributed by atoms with Crippen LogP contribution >= 0.6 is 11.8 Å². The summed E-state index contributed by atoms with van der Waals surface area (Å²) in [6, 6.07) is -0.328. The molecular formula is C8H11F3N4OS. The summed E-state index contributed by atoms with van der Waals surface area (Å²) in [5, 5.41) is 0.306. The smallest absolute Gasteiger partial charge is 0.422 e. The fourth-order valence-electron chi connectivity index (χ4n) is 0.830. The minimum absolute atomic E-state index is 0.251. The SMILES string of the molecule is CSc1nc(OCC(F)(F)F)nc(N(C)C)n1. The van der Waals surface area contributed by atoms with Crippen molar-refractivity contribution in [2.45, 2.75) is 11.3 Å². The molecule has 0 aliphatic carbocycles. The summed E-state index contributed by atoms with van der Waals surface area (Å²) in [6.45, 7) is -1.42. The second-order valence-corrected chi connectivity index (χ2v) is 3.98. The molecule has 0 saturated carbocycles. The zero-order valence-corrected chi connectivity index (χ0v) is 10.3. The van der Waals surface area contributed by atoms with Gasteiger partial charge < -0.3 is 9.64 Å². The number of rotatable bonds is 4. The molecule has 0 saturated heterocycles. The van der Waals surface area contributed by atoms with Crippen molar-refractivity contribution in [3.63, 3.8) is 0 Å². The fraction of sp³-hybridized carbons (Fsp3) is 0.625. The highest BCUT2D eigenvalue weighted by molar-refractivity contribution is 7.98. The van der Waals surface area contributed by atoms with Crippen molar-refractivity contribution >= 4 is 17.7 Å². The zero-order chi connectivity index (χ0) is 13.1. The van der Waals surface area contributed by atoms with Crippen LogP contribution in [-0.4, -0.2) is 48.1 Å². The van der Waals surface area contributed by atoms with Gasteiger partial charge in [-0.25, -0.2) is 0 Å². The fourth-order valence-corrected chi connectivity index (χ4v) is 1.17. The van der Waals surface area contributed by atoms with E-state index in [4.69, 9.17) is 0 Å². The van der Waals surface area contributed by atoms with Gasteiger partial charge >= 0.3 is 12.2 Å². The highest BCUT2D eigenvalue weighted by Gasteiger charge is 2.29. The first-order chi connectivity index (χ1) is 7.81. The van der Waals surface area contributed by atoms with Crippen LogP contribution in [0.3, 0.4) is 0 Å². The summed E-state index contributed by atoms with van der Waals surface area (Å²) in [4.78, 5) is 13.0. The van der Waals surface area contributed by atoms with E-state index in [0.717, 1.165) is 0 Å². The largest absolute Gasteiger partial charge is 0.454 e. The Morgan fingerprint density at radius 2 is 1.88 bits per heavy atom. The summed E-state index contributed by atoms with van der Waals surface area (Å²) < 4.78 is 40.4. The normalized spacial score (nSPS) is 11.4. The number of alkyl halides is 3. The van der Waals surface area contributed by atoms with Gasteiger partial charge in [-0.05, 0) is 6.26 Å². The average molecular weight is 268 g/mol. The average Bonchev–Trinajstić information content (AvgIpc) is 2.25. The van der Waals surface area contributed by atoms with Crippen molar-refractivity contribution in [1.29, 1.82) is 0 Å². The van der Waals surface area contributed by atoms with Gasteiger partial charge in [0.15, 0.2) is 11.8 Å². The molecular weight excluding hydrogens is 257 g/mol. The van der Waals surface area contributed by atoms with Crippen molar-refractivity contribution in [2.24, 2.45) is 0 Å². The third kappa shape index (κ3) is 4.63. The zero-order valence-electron chi connectivity index (χ0n) is 9.45. The first-order valence-electron chi connectivity index (χ1n) is 4.49. The molecule has 1 aromatic rings. The summed E-state index contributed by atoms with van der Waals surface area (Å²) >= 11 is 1.20. The number of anilines is 1. The van der Waals surface area contributed by atoms with Crippen LogP contribution in [0.15, 0.2) is 5.16 Å². The maximum Gasteiger partial charge on any atom is 0.422 e. The lowest BCUT2D eigenvalue weighted by molar-refractivity contribution is -0.154. The molecule has 96 valence electrons. The van der Waals surface area contributed by atoms with E-state index in [9.17, 15) is 13.2 Å². The summed E-state index contributed by atoms with van der Waals surface area (Å²) in [5.74, 6) is 0.251. The van der Waals surface area contributed by atoms with Gasteiger partial charge in [0.2, 0.25) is 5.95 Å². The summed E-state index contributed by atoms with van der Waals surface area (Å²) in [7, 11) is 3.35. The van der Waals surface area contributed by atoms with Gasteiger partial charge in [-0.3, -0.25) is 0 Å². The molecule has 0 spiro atoms. The van der Waals surface area contributed by atoms with Crippen molar-refractivity contribution in [1.82, 2.24) is 15.0 Å². The molecule has 0 amide bonds. The number of hydrogen-bond donors (Lipinski definition) is 0. The Kier molecular flexibility index (Phi) is 4.38. The standard InChI is InChI=1S/C8H11F3N4OS/c1-15(2)5-12-6(14-7(13-5)17-3)16-4-8(9,10)11/h4H2,1-3H3. The molecule has 17 heavy (non-hydrogen) atoms. The Morgan fingerprint density at radius 3 is 2.35 bits per heavy atom. The van der Waals surface area contributed by atoms with E-state index in [0.29, 0.717) is 5.16 Å². The van der Waals surface area contributed by atoms with E-state index in [1.165, 1.54) is 11.8 Å². The summed E-state index contributed by atoms with van der Waals surface area (Å²) in [6.07, 6.45) is -2.70. The molecule has 0 aliphatic rings. The highest BCUT2D eigenvalue weighted by Crippen LogP contribution is 2.19. The number of nitrogens with zero attached hydrogens (tertiary/aromatic N) is 4. The van der Waals surface area contributed by atoms with E-state index >= 15 is 0 Å². The Labute approximate surface area is 100 Å². The van der Waals surface area contributed by atoms with Crippen LogP contribution in [-0.2, 0) is 0 Å². The Balaban J connectivity index is 2.87. The molecule has 1 aromatic heterocycles. The minimum Gasteiger partial charge on any atom is -0.454 e. The molecule has 0 fully saturated rings. The first kappa shape index (κ1) is 13.8. The molecule has 0 atom stereocenters. The van der Waals surface area contributed by atoms with E-state index < -0.39 is 12.8 Å². The number of halogens is 3. The third-order valence-electron chi connectivity index (χ3n) is 1.53. The Hall–Kier alpha value is -1.25. The van der Waals surface area contributed by atoms with Gasteiger partial charge in [-0.1, -0.05) is 11.8 Å². The van der Waals surface area contributed by atoms with Crippen LogP contribution in [0.2, 0.25) is 0 Å². The second-order valence-electron chi connectivity index (χ2n) is 3.20. The van der Waals surface area contributed by atoms with Crippen LogP contribution in [0.4, 0.5) is 19.1 Å². The number of hydrogen-bond acceptors (Lipinski definition) is 6. The topological polar surface area (TPSA) is 51.1 Å². The molecule has 5 nitrogen and oxygen atoms in total. The maximum absolute atomic E-state index is 12.0. The highest BCUT2D eigenvalue weighted by atomic mass is 32.2. The number of aromatic nitrogens is 3. The number of thioether (sulfide) groups is 1. The van der Waals surface area contributed by atoms with Gasteiger partial charge in [0.25, 0.3) is 0 Å². The van der Waals surface area contributed by atoms with E-state index in [1.54, 1.807) is 25.3 Å². The van der Waals surface area contributed by atoms with Gasteiger partial charge in [0.05, 0.1) is 0 Å². The lowest BCUT2D eigenvalue weighted by Crippen LogP contribution is -2.21. The summed E-state index contributed by atoms with van der Waals surface area (Å²) in [5.41, 5.74) is 0. The molecule has 0 bridgehead atoms. The van der Waals surface area contributed by atoms with E-state index in [1.807, 2.05) is 0 Å². The number of ether oxygens (including phenoxy) is 1. The quantitative estimate of drug-likeness (QED) is 0.773. The Morgan fingerprint density at radius 1 is 1.24 bits per heavy atom. The van der Waals surface area contributed by atoms with Crippen LogP contribution in [0.25, 0.3) is 0 Å². The molecule has 0 N–H and O–H groups in total. The van der Waals surface area contributed by atoms with Crippen LogP contribution in [0.1, 0.15) is 0 Å². The minimum atomic E-state index is -4.41. The molecule has 0 aliphatic heterocycles. The molecule has 9 heteroatoms. The van der Waals surface area contributed by atoms with Crippen LogP contribution in [0.5, 0.6) is 6.01 Å². The van der Waals surface area contributed by atoms with Crippen molar-refractivity contribution in [3.05, 3.63) is 0 Å². The van der Waals surface area contributed by atoms with Crippen LogP contribution in [0, 0.1) is 0 Å². The van der Waals surface area contributed by atoms with Crippen molar-refractivity contribution in [2.75, 3.05) is 31.9 Å². The monoisotopic (exact) mass is 268 g/mol. The maximum atomic E-state index is 12.0. The predicted octanol–water partition coefficient (Wildman–Crippen LogP) is 1.60. The second kappa shape index (κ2) is 5.39. The lowest BCUT2D eigenvalue weighted by Gasteiger charge is -2.12. The van der Waals surface area contributed by atoms with Gasteiger partial charge in [0.1, 0.15) is 0 Å². The van der Waals surface area contributed by atoms with E-state index in [-0.39, 0.29) is 12.0 Å². The lowest BCUT2D eigenvalue weighted by atomic mass is 10.7. The molecule has 0 radical (unpaired) electrons. The van der Waals surface area contributed by atoms with Crippen LogP contribution < -0.4 is 9.64 Å². The van der Waals surface area contributed by atoms with Gasteiger partial charge in [-0.15, -0.1) is 0 Å². The molecule has 0 unspecified atom stereocenters. The third-order valence-corrected chi connectivity index (χ3v) is 2.08. The Bertz CT molecular complexity index is 386. The van der Waals surface area contributed by atoms with Crippen molar-refractivity contribution < 1.29 is 17.9 Å².